The van der Waals surface area contributed by atoms with Gasteiger partial charge in [0.1, 0.15) is 4.93 Å². The molecule has 0 aliphatic carbocycles. The number of aryl methyl sites for hydroxylation is 1. The number of nitrogens with one attached hydrogen (secondary N) is 1. The Bertz CT molecular complexity index is 572. The van der Waals surface area contributed by atoms with E-state index in [2.05, 4.69) is 29.9 Å². The predicted molar refractivity (Wildman–Crippen MR) is 95.3 cm³/mol. The van der Waals surface area contributed by atoms with Gasteiger partial charge in [-0.1, -0.05) is 37.6 Å². The minimum atomic E-state index is -1.17. The maximum atomic E-state index is 10.8. The van der Waals surface area contributed by atoms with E-state index < -0.39 is 4.93 Å². The first-order chi connectivity index (χ1) is 10.6. The summed E-state index contributed by atoms with van der Waals surface area (Å²) in [6.07, 6.45) is 5.21. The van der Waals surface area contributed by atoms with Crippen molar-refractivity contribution < 1.29 is 5.11 Å². The predicted octanol–water partition coefficient (Wildman–Crippen LogP) is 4.00. The first-order valence-corrected chi connectivity index (χ1v) is 8.26. The minimum absolute atomic E-state index is 0.513. The van der Waals surface area contributed by atoms with Crippen molar-refractivity contribution >= 4 is 18.3 Å². The Morgan fingerprint density at radius 3 is 2.68 bits per heavy atom. The van der Waals surface area contributed by atoms with Crippen LogP contribution in [0.3, 0.4) is 0 Å². The molecule has 1 aromatic heterocycles. The van der Waals surface area contributed by atoms with Gasteiger partial charge in [0, 0.05) is 29.7 Å². The normalized spacial score (nSPS) is 13.6. The Hall–Kier alpha value is -1.52. The Labute approximate surface area is 138 Å². The van der Waals surface area contributed by atoms with E-state index in [9.17, 15) is 5.11 Å². The lowest BCUT2D eigenvalue weighted by molar-refractivity contribution is 0.130. The molecule has 22 heavy (non-hydrogen) atoms. The number of rotatable bonds is 8. The number of anilines is 1. The van der Waals surface area contributed by atoms with E-state index in [0.717, 1.165) is 36.3 Å². The molecule has 0 amide bonds. The van der Waals surface area contributed by atoms with E-state index in [-0.39, 0.29) is 0 Å². The maximum Gasteiger partial charge on any atom is 0.135 e. The van der Waals surface area contributed by atoms with Crippen LogP contribution in [0.25, 0.3) is 0 Å². The van der Waals surface area contributed by atoms with E-state index in [1.165, 1.54) is 0 Å². The zero-order chi connectivity index (χ0) is 15.8. The Morgan fingerprint density at radius 1 is 1.18 bits per heavy atom. The molecule has 4 heteroatoms. The molecule has 2 aromatic rings. The lowest BCUT2D eigenvalue weighted by Crippen LogP contribution is -2.21. The molecule has 0 aliphatic heterocycles. The highest BCUT2D eigenvalue weighted by molar-refractivity contribution is 7.81. The van der Waals surface area contributed by atoms with Crippen molar-refractivity contribution in [1.29, 1.82) is 0 Å². The molecule has 118 valence electrons. The summed E-state index contributed by atoms with van der Waals surface area (Å²) < 4.78 is 0. The van der Waals surface area contributed by atoms with Crippen molar-refractivity contribution in [2.45, 2.75) is 37.5 Å². The van der Waals surface area contributed by atoms with Gasteiger partial charge in [-0.25, -0.2) is 0 Å². The maximum absolute atomic E-state index is 10.8. The van der Waals surface area contributed by atoms with Gasteiger partial charge < -0.3 is 10.4 Å². The second-order valence-electron chi connectivity index (χ2n) is 5.46. The lowest BCUT2D eigenvalue weighted by atomic mass is 10.0. The molecule has 0 saturated carbocycles. The highest BCUT2D eigenvalue weighted by Gasteiger charge is 2.26. The number of thiol groups is 1. The first-order valence-electron chi connectivity index (χ1n) is 7.81. The number of hydrogen-bond donors (Lipinski definition) is 3. The number of para-hydroxylation sites is 1. The number of unbranched alkanes of at least 4 members (excludes halogenated alkanes) is 1. The Morgan fingerprint density at radius 2 is 1.95 bits per heavy atom. The zero-order valence-electron chi connectivity index (χ0n) is 13.0. The number of aromatic nitrogens is 1. The summed E-state index contributed by atoms with van der Waals surface area (Å²) in [7, 11) is 0. The SMILES string of the molecule is CCCCNc1ccccc1C(O)(S)CCc1ccccn1. The molecule has 0 radical (unpaired) electrons. The highest BCUT2D eigenvalue weighted by Crippen LogP contribution is 2.35. The van der Waals surface area contributed by atoms with Crippen molar-refractivity contribution in [2.75, 3.05) is 11.9 Å². The second kappa shape index (κ2) is 8.20. The molecule has 0 fully saturated rings. The molecule has 1 heterocycles. The van der Waals surface area contributed by atoms with Gasteiger partial charge >= 0.3 is 0 Å². The number of hydrogen-bond acceptors (Lipinski definition) is 4. The number of aliphatic hydroxyl groups is 1. The van der Waals surface area contributed by atoms with E-state index in [4.69, 9.17) is 0 Å². The fraction of sp³-hybridized carbons (Fsp3) is 0.389. The molecule has 0 bridgehead atoms. The third kappa shape index (κ3) is 4.75. The van der Waals surface area contributed by atoms with Crippen molar-refractivity contribution in [2.24, 2.45) is 0 Å². The summed E-state index contributed by atoms with van der Waals surface area (Å²) >= 11 is 4.51. The molecule has 1 atom stereocenters. The van der Waals surface area contributed by atoms with Gasteiger partial charge in [-0.15, -0.1) is 12.6 Å². The quantitative estimate of drug-likeness (QED) is 0.392. The largest absolute Gasteiger partial charge is 0.385 e. The van der Waals surface area contributed by atoms with Gasteiger partial charge in [-0.2, -0.15) is 0 Å². The third-order valence-electron chi connectivity index (χ3n) is 3.66. The van der Waals surface area contributed by atoms with Crippen LogP contribution in [0.1, 0.15) is 37.4 Å². The average Bonchev–Trinajstić information content (AvgIpc) is 2.55. The number of nitrogens with zero attached hydrogens (tertiary/aromatic N) is 1. The van der Waals surface area contributed by atoms with Crippen LogP contribution in [0.4, 0.5) is 5.69 Å². The third-order valence-corrected chi connectivity index (χ3v) is 4.12. The molecule has 1 unspecified atom stereocenters. The standard InChI is InChI=1S/C18H24N2OS/c1-2-3-13-20-17-10-5-4-9-16(17)18(21,22)12-11-15-8-6-7-14-19-15/h4-10,14,20-22H,2-3,11-13H2,1H3. The second-order valence-corrected chi connectivity index (χ2v) is 6.20. The van der Waals surface area contributed by atoms with Crippen LogP contribution in [0.5, 0.6) is 0 Å². The highest BCUT2D eigenvalue weighted by atomic mass is 32.1. The van der Waals surface area contributed by atoms with Crippen LogP contribution in [0.2, 0.25) is 0 Å². The molecule has 2 rings (SSSR count). The molecular weight excluding hydrogens is 292 g/mol. The number of benzene rings is 1. The van der Waals surface area contributed by atoms with Gasteiger partial charge in [-0.05, 0) is 37.5 Å². The van der Waals surface area contributed by atoms with Crippen LogP contribution >= 0.6 is 12.6 Å². The smallest absolute Gasteiger partial charge is 0.135 e. The van der Waals surface area contributed by atoms with Gasteiger partial charge in [0.05, 0.1) is 0 Å². The molecule has 0 saturated heterocycles. The topological polar surface area (TPSA) is 45.1 Å². The molecule has 0 spiro atoms. The van der Waals surface area contributed by atoms with E-state index in [1.54, 1.807) is 6.20 Å². The van der Waals surface area contributed by atoms with Crippen molar-refractivity contribution in [3.05, 3.63) is 59.9 Å². The summed E-state index contributed by atoms with van der Waals surface area (Å²) in [5.41, 5.74) is 2.74. The molecule has 1 aromatic carbocycles. The monoisotopic (exact) mass is 316 g/mol. The molecule has 0 aliphatic rings. The molecule has 2 N–H and O–H groups in total. The van der Waals surface area contributed by atoms with E-state index in [0.29, 0.717) is 12.8 Å². The number of pyridine rings is 1. The van der Waals surface area contributed by atoms with Crippen molar-refractivity contribution in [3.8, 4) is 0 Å². The summed E-state index contributed by atoms with van der Waals surface area (Å²) in [5.74, 6) is 0. The van der Waals surface area contributed by atoms with Gasteiger partial charge in [0.25, 0.3) is 0 Å². The Balaban J connectivity index is 2.07. The Kier molecular flexibility index (Phi) is 6.28. The van der Waals surface area contributed by atoms with Crippen molar-refractivity contribution in [1.82, 2.24) is 4.98 Å². The van der Waals surface area contributed by atoms with Crippen LogP contribution in [-0.2, 0) is 11.4 Å². The summed E-state index contributed by atoms with van der Waals surface area (Å²) in [4.78, 5) is 3.12. The minimum Gasteiger partial charge on any atom is -0.385 e. The summed E-state index contributed by atoms with van der Waals surface area (Å²) in [6.45, 7) is 3.06. The van der Waals surface area contributed by atoms with E-state index >= 15 is 0 Å². The van der Waals surface area contributed by atoms with Gasteiger partial charge in [0.15, 0.2) is 0 Å². The van der Waals surface area contributed by atoms with Crippen molar-refractivity contribution in [3.63, 3.8) is 0 Å². The van der Waals surface area contributed by atoms with Crippen LogP contribution in [0.15, 0.2) is 48.7 Å². The van der Waals surface area contributed by atoms with E-state index in [1.807, 2.05) is 42.5 Å². The zero-order valence-corrected chi connectivity index (χ0v) is 13.9. The van der Waals surface area contributed by atoms with Crippen LogP contribution < -0.4 is 5.32 Å². The lowest BCUT2D eigenvalue weighted by Gasteiger charge is -2.26. The van der Waals surface area contributed by atoms with Crippen LogP contribution in [-0.4, -0.2) is 16.6 Å². The van der Waals surface area contributed by atoms with Crippen LogP contribution in [0, 0.1) is 0 Å². The molecule has 3 nitrogen and oxygen atoms in total. The molecular formula is C18H24N2OS. The van der Waals surface area contributed by atoms with Gasteiger partial charge in [0.2, 0.25) is 0 Å². The summed E-state index contributed by atoms with van der Waals surface area (Å²) in [5, 5.41) is 14.2. The fourth-order valence-electron chi connectivity index (χ4n) is 2.37. The first kappa shape index (κ1) is 16.8. The van der Waals surface area contributed by atoms with Gasteiger partial charge in [-0.3, -0.25) is 4.98 Å². The average molecular weight is 316 g/mol. The summed E-state index contributed by atoms with van der Waals surface area (Å²) in [6, 6.07) is 13.6. The fourth-order valence-corrected chi connectivity index (χ4v) is 2.68.